The molecule has 0 aliphatic carbocycles. The minimum absolute atomic E-state index is 0.397. The van der Waals surface area contributed by atoms with Gasteiger partial charge < -0.3 is 20.3 Å². The van der Waals surface area contributed by atoms with E-state index in [-0.39, 0.29) is 0 Å². The van der Waals surface area contributed by atoms with Crippen LogP contribution in [-0.4, -0.2) is 71.6 Å². The number of likely N-dealkylation sites (N-methyl/N-ethyl adjacent to an activating group) is 1. The highest BCUT2D eigenvalue weighted by atomic mass is 16.6. The Labute approximate surface area is 135 Å². The van der Waals surface area contributed by atoms with E-state index in [9.17, 15) is 0 Å². The molecule has 2 rings (SSSR count). The standard InChI is InChI=1S/C14H25N7O2/c1-4-21(5-2)9-8-16-12-11(15-7-6-10-22-3)17-13-14(18-12)20-23-19-13/h4-10H2,1-3H3,(H,15,17,19)(H,16,18,20). The van der Waals surface area contributed by atoms with Gasteiger partial charge in [-0.05, 0) is 29.8 Å². The maximum Gasteiger partial charge on any atom is 0.245 e. The summed E-state index contributed by atoms with van der Waals surface area (Å²) in [5.41, 5.74) is 0.798. The number of hydrogen-bond donors (Lipinski definition) is 2. The summed E-state index contributed by atoms with van der Waals surface area (Å²) in [6.07, 6.45) is 0.881. The number of methoxy groups -OCH3 is 1. The molecule has 2 aromatic rings. The van der Waals surface area contributed by atoms with Crippen LogP contribution in [0.4, 0.5) is 11.6 Å². The lowest BCUT2D eigenvalue weighted by Gasteiger charge is -2.18. The molecule has 0 bridgehead atoms. The highest BCUT2D eigenvalue weighted by Crippen LogP contribution is 2.19. The fraction of sp³-hybridized carbons (Fsp3) is 0.714. The first kappa shape index (κ1) is 17.4. The van der Waals surface area contributed by atoms with E-state index in [1.165, 1.54) is 0 Å². The van der Waals surface area contributed by atoms with Crippen molar-refractivity contribution >= 4 is 22.9 Å². The molecule has 0 spiro atoms. The average Bonchev–Trinajstić information content (AvgIpc) is 3.02. The third-order valence-electron chi connectivity index (χ3n) is 3.55. The van der Waals surface area contributed by atoms with E-state index in [1.807, 2.05) is 0 Å². The molecule has 0 fully saturated rings. The predicted octanol–water partition coefficient (Wildman–Crippen LogP) is 1.21. The van der Waals surface area contributed by atoms with E-state index in [0.717, 1.165) is 39.1 Å². The fourth-order valence-corrected chi connectivity index (χ4v) is 2.18. The minimum atomic E-state index is 0.397. The topological polar surface area (TPSA) is 101 Å². The van der Waals surface area contributed by atoms with Crippen LogP contribution >= 0.6 is 0 Å². The van der Waals surface area contributed by atoms with Gasteiger partial charge in [-0.3, -0.25) is 0 Å². The SMILES string of the molecule is CCN(CC)CCNc1nc2nonc2nc1NCCCOC. The number of anilines is 2. The molecular formula is C14H25N7O2. The van der Waals surface area contributed by atoms with Gasteiger partial charge in [-0.2, -0.15) is 0 Å². The third kappa shape index (κ3) is 5.00. The number of hydrogen-bond acceptors (Lipinski definition) is 9. The summed E-state index contributed by atoms with van der Waals surface area (Å²) in [4.78, 5) is 11.2. The Bertz CT molecular complexity index is 586. The lowest BCUT2D eigenvalue weighted by Crippen LogP contribution is -2.29. The summed E-state index contributed by atoms with van der Waals surface area (Å²) in [5.74, 6) is 1.32. The van der Waals surface area contributed by atoms with Gasteiger partial charge in [0.2, 0.25) is 11.3 Å². The number of rotatable bonds is 11. The Morgan fingerprint density at radius 1 is 1.00 bits per heavy atom. The fourth-order valence-electron chi connectivity index (χ4n) is 2.18. The molecular weight excluding hydrogens is 298 g/mol. The molecule has 23 heavy (non-hydrogen) atoms. The van der Waals surface area contributed by atoms with Crippen molar-refractivity contribution in [2.24, 2.45) is 0 Å². The van der Waals surface area contributed by atoms with E-state index in [0.29, 0.717) is 29.5 Å². The summed E-state index contributed by atoms with van der Waals surface area (Å²) in [6.45, 7) is 9.50. The van der Waals surface area contributed by atoms with Crippen LogP contribution in [0.5, 0.6) is 0 Å². The average molecular weight is 323 g/mol. The second kappa shape index (κ2) is 9.21. The van der Waals surface area contributed by atoms with E-state index >= 15 is 0 Å². The van der Waals surface area contributed by atoms with Gasteiger partial charge >= 0.3 is 0 Å². The van der Waals surface area contributed by atoms with Crippen LogP contribution in [0.3, 0.4) is 0 Å². The van der Waals surface area contributed by atoms with Crippen molar-refractivity contribution < 1.29 is 9.37 Å². The number of aromatic nitrogens is 4. The second-order valence-electron chi connectivity index (χ2n) is 5.06. The highest BCUT2D eigenvalue weighted by Gasteiger charge is 2.12. The zero-order valence-corrected chi connectivity index (χ0v) is 14.0. The molecule has 0 amide bonds. The van der Waals surface area contributed by atoms with Gasteiger partial charge in [0.25, 0.3) is 0 Å². The van der Waals surface area contributed by atoms with Gasteiger partial charge in [0, 0.05) is 33.4 Å². The van der Waals surface area contributed by atoms with Gasteiger partial charge in [-0.25, -0.2) is 14.6 Å². The van der Waals surface area contributed by atoms with Crippen LogP contribution in [0.15, 0.2) is 4.63 Å². The first-order valence-electron chi connectivity index (χ1n) is 7.97. The van der Waals surface area contributed by atoms with Crippen molar-refractivity contribution in [3.05, 3.63) is 0 Å². The molecule has 0 saturated heterocycles. The molecule has 9 nitrogen and oxygen atoms in total. The maximum absolute atomic E-state index is 5.05. The van der Waals surface area contributed by atoms with Gasteiger partial charge in [-0.1, -0.05) is 13.8 Å². The largest absolute Gasteiger partial charge is 0.385 e. The highest BCUT2D eigenvalue weighted by molar-refractivity contribution is 5.73. The number of nitrogens with one attached hydrogen (secondary N) is 2. The summed E-state index contributed by atoms with van der Waals surface area (Å²) in [6, 6.07) is 0. The molecule has 0 atom stereocenters. The van der Waals surface area contributed by atoms with Crippen LogP contribution in [0.2, 0.25) is 0 Å². The van der Waals surface area contributed by atoms with Crippen molar-refractivity contribution in [1.29, 1.82) is 0 Å². The summed E-state index contributed by atoms with van der Waals surface area (Å²) in [5, 5.41) is 14.1. The van der Waals surface area contributed by atoms with Gasteiger partial charge in [0.1, 0.15) is 0 Å². The molecule has 0 saturated carbocycles. The van der Waals surface area contributed by atoms with Gasteiger partial charge in [0.05, 0.1) is 0 Å². The molecule has 0 radical (unpaired) electrons. The Morgan fingerprint density at radius 2 is 1.61 bits per heavy atom. The van der Waals surface area contributed by atoms with Crippen LogP contribution in [0, 0.1) is 0 Å². The molecule has 9 heteroatoms. The Kier molecular flexibility index (Phi) is 6.95. The first-order chi connectivity index (χ1) is 11.3. The van der Waals surface area contributed by atoms with Crippen LogP contribution in [0.1, 0.15) is 20.3 Å². The van der Waals surface area contributed by atoms with Crippen LogP contribution in [-0.2, 0) is 4.74 Å². The zero-order chi connectivity index (χ0) is 16.5. The molecule has 0 unspecified atom stereocenters. The lowest BCUT2D eigenvalue weighted by molar-refractivity contribution is 0.198. The molecule has 0 aliphatic heterocycles. The quantitative estimate of drug-likeness (QED) is 0.591. The van der Waals surface area contributed by atoms with E-state index in [1.54, 1.807) is 7.11 Å². The number of ether oxygens (including phenoxy) is 1. The van der Waals surface area contributed by atoms with Gasteiger partial charge in [0.15, 0.2) is 11.6 Å². The van der Waals surface area contributed by atoms with Crippen LogP contribution < -0.4 is 10.6 Å². The zero-order valence-electron chi connectivity index (χ0n) is 14.0. The van der Waals surface area contributed by atoms with Crippen molar-refractivity contribution in [2.75, 3.05) is 57.1 Å². The summed E-state index contributed by atoms with van der Waals surface area (Å²) in [7, 11) is 1.69. The van der Waals surface area contributed by atoms with Gasteiger partial charge in [-0.15, -0.1) is 0 Å². The smallest absolute Gasteiger partial charge is 0.245 e. The third-order valence-corrected chi connectivity index (χ3v) is 3.55. The molecule has 128 valence electrons. The Balaban J connectivity index is 2.02. The Hall–Kier alpha value is -2.00. The van der Waals surface area contributed by atoms with Crippen molar-refractivity contribution in [2.45, 2.75) is 20.3 Å². The molecule has 0 aliphatic rings. The monoisotopic (exact) mass is 323 g/mol. The van der Waals surface area contributed by atoms with Crippen molar-refractivity contribution in [3.63, 3.8) is 0 Å². The number of fused-ring (bicyclic) bond motifs is 1. The normalized spacial score (nSPS) is 11.3. The Morgan fingerprint density at radius 3 is 2.17 bits per heavy atom. The van der Waals surface area contributed by atoms with E-state index in [4.69, 9.17) is 4.74 Å². The number of nitrogens with zero attached hydrogens (tertiary/aromatic N) is 5. The van der Waals surface area contributed by atoms with Crippen molar-refractivity contribution in [1.82, 2.24) is 25.2 Å². The molecule has 0 aromatic carbocycles. The van der Waals surface area contributed by atoms with Crippen LogP contribution in [0.25, 0.3) is 11.3 Å². The maximum atomic E-state index is 5.05. The first-order valence-corrected chi connectivity index (χ1v) is 7.97. The molecule has 2 aromatic heterocycles. The predicted molar refractivity (Wildman–Crippen MR) is 88.7 cm³/mol. The lowest BCUT2D eigenvalue weighted by atomic mass is 10.4. The second-order valence-corrected chi connectivity index (χ2v) is 5.06. The van der Waals surface area contributed by atoms with E-state index < -0.39 is 0 Å². The van der Waals surface area contributed by atoms with E-state index in [2.05, 4.69) is 54.3 Å². The molecule has 2 heterocycles. The summed E-state index contributed by atoms with van der Waals surface area (Å²) >= 11 is 0. The minimum Gasteiger partial charge on any atom is -0.385 e. The summed E-state index contributed by atoms with van der Waals surface area (Å²) < 4.78 is 9.74. The molecule has 2 N–H and O–H groups in total. The van der Waals surface area contributed by atoms with Crippen molar-refractivity contribution in [3.8, 4) is 0 Å².